The zero-order chi connectivity index (χ0) is 22.6. The minimum Gasteiger partial charge on any atom is -0.406 e. The van der Waals surface area contributed by atoms with Crippen molar-refractivity contribution in [3.8, 4) is 17.1 Å². The standard InChI is InChI=1S/C19H14ClF3N4O4/c20-12-5-1-11(2-6-12)17(29)25-14(9-15(24)28)18-26-16(27-31-18)10-3-7-13(8-4-10)30-19(21,22)23/h1-8,14H,9H2,(H2,24,28)(H,25,29)/t14-/m0/s1. The van der Waals surface area contributed by atoms with Crippen molar-refractivity contribution in [2.24, 2.45) is 5.73 Å². The first-order chi connectivity index (χ1) is 14.6. The van der Waals surface area contributed by atoms with Gasteiger partial charge in [0.15, 0.2) is 0 Å². The molecule has 0 aliphatic rings. The van der Waals surface area contributed by atoms with E-state index in [0.717, 1.165) is 12.1 Å². The number of alkyl halides is 3. The smallest absolute Gasteiger partial charge is 0.406 e. The summed E-state index contributed by atoms with van der Waals surface area (Å²) in [6, 6.07) is 9.77. The van der Waals surface area contributed by atoms with Crippen molar-refractivity contribution >= 4 is 23.4 Å². The number of amides is 2. The van der Waals surface area contributed by atoms with Crippen molar-refractivity contribution in [3.63, 3.8) is 0 Å². The highest BCUT2D eigenvalue weighted by Crippen LogP contribution is 2.26. The van der Waals surface area contributed by atoms with Gasteiger partial charge in [0.2, 0.25) is 17.6 Å². The van der Waals surface area contributed by atoms with Gasteiger partial charge in [-0.2, -0.15) is 4.98 Å². The number of nitrogens with one attached hydrogen (secondary N) is 1. The molecular weight excluding hydrogens is 441 g/mol. The summed E-state index contributed by atoms with van der Waals surface area (Å²) in [4.78, 5) is 28.0. The van der Waals surface area contributed by atoms with E-state index >= 15 is 0 Å². The molecule has 0 fully saturated rings. The first kappa shape index (κ1) is 22.1. The van der Waals surface area contributed by atoms with Crippen LogP contribution < -0.4 is 15.8 Å². The van der Waals surface area contributed by atoms with Crippen LogP contribution in [-0.2, 0) is 4.79 Å². The van der Waals surface area contributed by atoms with Gasteiger partial charge in [0.05, 0.1) is 6.42 Å². The molecule has 2 aromatic carbocycles. The number of primary amides is 1. The van der Waals surface area contributed by atoms with Crippen LogP contribution >= 0.6 is 11.6 Å². The van der Waals surface area contributed by atoms with Gasteiger partial charge in [-0.25, -0.2) is 0 Å². The van der Waals surface area contributed by atoms with Gasteiger partial charge in [-0.05, 0) is 48.5 Å². The number of benzene rings is 2. The van der Waals surface area contributed by atoms with E-state index in [2.05, 4.69) is 20.2 Å². The normalized spacial score (nSPS) is 12.3. The Morgan fingerprint density at radius 2 is 1.77 bits per heavy atom. The Balaban J connectivity index is 1.78. The van der Waals surface area contributed by atoms with Crippen molar-refractivity contribution in [1.82, 2.24) is 15.5 Å². The van der Waals surface area contributed by atoms with Gasteiger partial charge in [-0.15, -0.1) is 13.2 Å². The van der Waals surface area contributed by atoms with Gasteiger partial charge in [-0.3, -0.25) is 9.59 Å². The molecule has 162 valence electrons. The highest BCUT2D eigenvalue weighted by atomic mass is 35.5. The molecule has 1 atom stereocenters. The van der Waals surface area contributed by atoms with Gasteiger partial charge in [0.25, 0.3) is 5.91 Å². The van der Waals surface area contributed by atoms with Gasteiger partial charge in [-0.1, -0.05) is 16.8 Å². The fourth-order valence-electron chi connectivity index (χ4n) is 2.54. The van der Waals surface area contributed by atoms with E-state index in [1.54, 1.807) is 0 Å². The topological polar surface area (TPSA) is 120 Å². The SMILES string of the molecule is NC(=O)C[C@H](NC(=O)c1ccc(Cl)cc1)c1nc(-c2ccc(OC(F)(F)F)cc2)no1. The van der Waals surface area contributed by atoms with Crippen LogP contribution in [0.2, 0.25) is 5.02 Å². The maximum Gasteiger partial charge on any atom is 0.573 e. The van der Waals surface area contributed by atoms with Crippen molar-refractivity contribution in [1.29, 1.82) is 0 Å². The third-order valence-corrected chi connectivity index (χ3v) is 4.15. The largest absolute Gasteiger partial charge is 0.573 e. The highest BCUT2D eigenvalue weighted by Gasteiger charge is 2.31. The number of rotatable bonds is 7. The number of hydrogen-bond acceptors (Lipinski definition) is 6. The lowest BCUT2D eigenvalue weighted by Gasteiger charge is -2.13. The second-order valence-corrected chi connectivity index (χ2v) is 6.67. The summed E-state index contributed by atoms with van der Waals surface area (Å²) >= 11 is 5.80. The van der Waals surface area contributed by atoms with Gasteiger partial charge >= 0.3 is 6.36 Å². The molecule has 1 aromatic heterocycles. The summed E-state index contributed by atoms with van der Waals surface area (Å²) < 4.78 is 45.7. The summed E-state index contributed by atoms with van der Waals surface area (Å²) in [7, 11) is 0. The first-order valence-corrected chi connectivity index (χ1v) is 9.03. The van der Waals surface area contributed by atoms with E-state index in [1.807, 2.05) is 0 Å². The number of aromatic nitrogens is 2. The van der Waals surface area contributed by atoms with Crippen LogP contribution in [0.4, 0.5) is 13.2 Å². The van der Waals surface area contributed by atoms with Gasteiger partial charge in [0, 0.05) is 16.1 Å². The maximum absolute atomic E-state index is 12.4. The van der Waals surface area contributed by atoms with Crippen LogP contribution in [0.1, 0.15) is 28.7 Å². The molecule has 0 bridgehead atoms. The molecule has 0 saturated carbocycles. The summed E-state index contributed by atoms with van der Waals surface area (Å²) in [5.74, 6) is -1.75. The predicted octanol–water partition coefficient (Wildman–Crippen LogP) is 3.64. The molecule has 0 radical (unpaired) electrons. The first-order valence-electron chi connectivity index (χ1n) is 8.65. The molecule has 12 heteroatoms. The molecule has 0 unspecified atom stereocenters. The number of halogens is 4. The van der Waals surface area contributed by atoms with Crippen molar-refractivity contribution < 1.29 is 32.0 Å². The molecule has 1 heterocycles. The number of ether oxygens (including phenoxy) is 1. The van der Waals surface area contributed by atoms with Crippen molar-refractivity contribution in [2.75, 3.05) is 0 Å². The lowest BCUT2D eigenvalue weighted by Crippen LogP contribution is -2.32. The van der Waals surface area contributed by atoms with Crippen molar-refractivity contribution in [2.45, 2.75) is 18.8 Å². The van der Waals surface area contributed by atoms with Gasteiger partial charge < -0.3 is 20.3 Å². The van der Waals surface area contributed by atoms with Crippen molar-refractivity contribution in [3.05, 3.63) is 65.0 Å². The molecule has 0 saturated heterocycles. The second kappa shape index (κ2) is 9.04. The van der Waals surface area contributed by atoms with Crippen LogP contribution in [0, 0.1) is 0 Å². The van der Waals surface area contributed by atoms with Crippen LogP contribution in [0.15, 0.2) is 53.1 Å². The average molecular weight is 455 g/mol. The molecule has 0 aliphatic carbocycles. The van der Waals surface area contributed by atoms with E-state index in [9.17, 15) is 22.8 Å². The molecule has 8 nitrogen and oxygen atoms in total. The van der Waals surface area contributed by atoms with E-state index < -0.39 is 30.0 Å². The molecule has 0 aliphatic heterocycles. The highest BCUT2D eigenvalue weighted by molar-refractivity contribution is 6.30. The lowest BCUT2D eigenvalue weighted by molar-refractivity contribution is -0.274. The predicted molar refractivity (Wildman–Crippen MR) is 102 cm³/mol. The molecule has 3 rings (SSSR count). The fraction of sp³-hybridized carbons (Fsp3) is 0.158. The number of hydrogen-bond donors (Lipinski definition) is 2. The number of carbonyl (C=O) groups excluding carboxylic acids is 2. The summed E-state index contributed by atoms with van der Waals surface area (Å²) in [6.45, 7) is 0. The van der Waals surface area contributed by atoms with E-state index in [1.165, 1.54) is 36.4 Å². The number of carbonyl (C=O) groups is 2. The zero-order valence-corrected chi connectivity index (χ0v) is 16.3. The number of nitrogens with two attached hydrogens (primary N) is 1. The van der Waals surface area contributed by atoms with Crippen LogP contribution in [-0.4, -0.2) is 28.3 Å². The molecule has 0 spiro atoms. The van der Waals surface area contributed by atoms with Crippen LogP contribution in [0.5, 0.6) is 5.75 Å². The zero-order valence-electron chi connectivity index (χ0n) is 15.5. The average Bonchev–Trinajstić information content (AvgIpc) is 3.17. The number of nitrogens with zero attached hydrogens (tertiary/aromatic N) is 2. The monoisotopic (exact) mass is 454 g/mol. The van der Waals surface area contributed by atoms with E-state index in [0.29, 0.717) is 10.6 Å². The molecule has 2 amide bonds. The minimum atomic E-state index is -4.81. The Hall–Kier alpha value is -3.60. The Morgan fingerprint density at radius 3 is 2.35 bits per heavy atom. The molecule has 3 aromatic rings. The third kappa shape index (κ3) is 6.19. The lowest BCUT2D eigenvalue weighted by atomic mass is 10.1. The van der Waals surface area contributed by atoms with Crippen LogP contribution in [0.3, 0.4) is 0 Å². The molecule has 3 N–H and O–H groups in total. The van der Waals surface area contributed by atoms with Crippen LogP contribution in [0.25, 0.3) is 11.4 Å². The summed E-state index contributed by atoms with van der Waals surface area (Å²) in [6.07, 6.45) is -5.13. The van der Waals surface area contributed by atoms with E-state index in [4.69, 9.17) is 21.9 Å². The Kier molecular flexibility index (Phi) is 6.44. The Labute approximate surface area is 178 Å². The van der Waals surface area contributed by atoms with Gasteiger partial charge in [0.1, 0.15) is 11.8 Å². The third-order valence-electron chi connectivity index (χ3n) is 3.90. The molecular formula is C19H14ClF3N4O4. The van der Waals surface area contributed by atoms with E-state index in [-0.39, 0.29) is 23.7 Å². The Morgan fingerprint density at radius 1 is 1.13 bits per heavy atom. The fourth-order valence-corrected chi connectivity index (χ4v) is 2.67. The summed E-state index contributed by atoms with van der Waals surface area (Å²) in [5, 5.41) is 6.76. The molecule has 31 heavy (non-hydrogen) atoms. The summed E-state index contributed by atoms with van der Waals surface area (Å²) in [5.41, 5.74) is 5.85. The minimum absolute atomic E-state index is 0.0313. The second-order valence-electron chi connectivity index (χ2n) is 6.23. The maximum atomic E-state index is 12.4. The quantitative estimate of drug-likeness (QED) is 0.562. The Bertz CT molecular complexity index is 1070.